The van der Waals surface area contributed by atoms with Crippen molar-refractivity contribution in [2.24, 2.45) is 5.41 Å². The molecule has 0 spiro atoms. The Labute approximate surface area is 240 Å². The van der Waals surface area contributed by atoms with Crippen molar-refractivity contribution in [1.82, 2.24) is 0 Å². The standard InChI is InChI=1S/C30H28ClF3N2O5/c1-40-20-4-2-18(3-5-20)16-36-26(37)9-6-21-25(8-7-22(32)27(21)36)41-17-30(29(38)39)10-12-35(13-11-30)28-23(33)14-19(31)15-24(28)34/h2-5,7-8,14-15H,6,9-13,16-17H2,1H3,(H,38,39). The molecule has 3 aromatic rings. The number of anilines is 2. The normalized spacial score (nSPS) is 16.4. The van der Waals surface area contributed by atoms with E-state index in [2.05, 4.69) is 0 Å². The van der Waals surface area contributed by atoms with E-state index in [4.69, 9.17) is 21.1 Å². The summed E-state index contributed by atoms with van der Waals surface area (Å²) in [6.07, 6.45) is 0.508. The van der Waals surface area contributed by atoms with Crippen LogP contribution in [0, 0.1) is 22.9 Å². The number of carboxylic acids is 1. The van der Waals surface area contributed by atoms with Gasteiger partial charge in [-0.2, -0.15) is 0 Å². The summed E-state index contributed by atoms with van der Waals surface area (Å²) in [5.74, 6) is -2.60. The molecule has 0 bridgehead atoms. The Morgan fingerprint density at radius 3 is 2.24 bits per heavy atom. The molecule has 0 radical (unpaired) electrons. The summed E-state index contributed by atoms with van der Waals surface area (Å²) in [5, 5.41) is 10.1. The van der Waals surface area contributed by atoms with Crippen molar-refractivity contribution >= 4 is 34.9 Å². The first-order chi connectivity index (χ1) is 19.6. The van der Waals surface area contributed by atoms with Crippen LogP contribution in [0.25, 0.3) is 0 Å². The van der Waals surface area contributed by atoms with Gasteiger partial charge in [-0.25, -0.2) is 13.2 Å². The van der Waals surface area contributed by atoms with Gasteiger partial charge in [-0.1, -0.05) is 23.7 Å². The minimum Gasteiger partial charge on any atom is -0.497 e. The van der Waals surface area contributed by atoms with Crippen LogP contribution in [-0.4, -0.2) is 43.8 Å². The van der Waals surface area contributed by atoms with E-state index in [-0.39, 0.29) is 74.2 Å². The summed E-state index contributed by atoms with van der Waals surface area (Å²) in [7, 11) is 1.55. The highest BCUT2D eigenvalue weighted by molar-refractivity contribution is 6.30. The lowest BCUT2D eigenvalue weighted by atomic mass is 9.79. The zero-order chi connectivity index (χ0) is 29.3. The highest BCUT2D eigenvalue weighted by Crippen LogP contribution is 2.41. The lowest BCUT2D eigenvalue weighted by molar-refractivity contribution is -0.152. The molecular formula is C30H28ClF3N2O5. The first kappa shape index (κ1) is 28.6. The van der Waals surface area contributed by atoms with Gasteiger partial charge < -0.3 is 24.4 Å². The maximum Gasteiger partial charge on any atom is 0.313 e. The summed E-state index contributed by atoms with van der Waals surface area (Å²) in [4.78, 5) is 28.1. The Bertz CT molecular complexity index is 1450. The molecule has 0 saturated carbocycles. The third-order valence-electron chi connectivity index (χ3n) is 7.83. The predicted molar refractivity (Wildman–Crippen MR) is 147 cm³/mol. The number of nitrogens with zero attached hydrogens (tertiary/aromatic N) is 2. The third kappa shape index (κ3) is 5.66. The van der Waals surface area contributed by atoms with Crippen molar-refractivity contribution in [3.8, 4) is 11.5 Å². The van der Waals surface area contributed by atoms with Crippen LogP contribution in [0.4, 0.5) is 24.5 Å². The summed E-state index contributed by atoms with van der Waals surface area (Å²) in [6.45, 7) is 0.0722. The number of ether oxygens (including phenoxy) is 2. The molecule has 2 aliphatic rings. The molecule has 11 heteroatoms. The zero-order valence-electron chi connectivity index (χ0n) is 22.3. The van der Waals surface area contributed by atoms with E-state index in [1.807, 2.05) is 0 Å². The number of carbonyl (C=O) groups is 2. The third-order valence-corrected chi connectivity index (χ3v) is 8.04. The number of benzene rings is 3. The van der Waals surface area contributed by atoms with Crippen LogP contribution in [-0.2, 0) is 22.6 Å². The van der Waals surface area contributed by atoms with Crippen molar-refractivity contribution in [2.75, 3.05) is 36.6 Å². The van der Waals surface area contributed by atoms with Crippen LogP contribution in [0.15, 0.2) is 48.5 Å². The van der Waals surface area contributed by atoms with Gasteiger partial charge in [-0.15, -0.1) is 0 Å². The second-order valence-electron chi connectivity index (χ2n) is 10.3. The van der Waals surface area contributed by atoms with E-state index < -0.39 is 28.8 Å². The second kappa shape index (κ2) is 11.5. The number of fused-ring (bicyclic) bond motifs is 1. The lowest BCUT2D eigenvalue weighted by Gasteiger charge is -2.40. The van der Waals surface area contributed by atoms with Gasteiger partial charge in [0, 0.05) is 30.1 Å². The van der Waals surface area contributed by atoms with Crippen molar-refractivity contribution in [3.05, 3.63) is 82.1 Å². The van der Waals surface area contributed by atoms with E-state index in [0.717, 1.165) is 17.7 Å². The minimum atomic E-state index is -1.33. The molecule has 41 heavy (non-hydrogen) atoms. The number of aliphatic carboxylic acids is 1. The van der Waals surface area contributed by atoms with Crippen molar-refractivity contribution < 1.29 is 37.3 Å². The van der Waals surface area contributed by atoms with Gasteiger partial charge in [-0.05, 0) is 61.2 Å². The van der Waals surface area contributed by atoms with Crippen LogP contribution in [0.5, 0.6) is 11.5 Å². The fourth-order valence-electron chi connectivity index (χ4n) is 5.46. The number of rotatable bonds is 8. The van der Waals surface area contributed by atoms with Gasteiger partial charge in [0.2, 0.25) is 5.91 Å². The van der Waals surface area contributed by atoms with Gasteiger partial charge in [0.25, 0.3) is 0 Å². The van der Waals surface area contributed by atoms with Crippen molar-refractivity contribution in [2.45, 2.75) is 32.2 Å². The molecular weight excluding hydrogens is 561 g/mol. The Morgan fingerprint density at radius 2 is 1.63 bits per heavy atom. The first-order valence-electron chi connectivity index (χ1n) is 13.1. The quantitative estimate of drug-likeness (QED) is 0.348. The zero-order valence-corrected chi connectivity index (χ0v) is 23.0. The fourth-order valence-corrected chi connectivity index (χ4v) is 5.65. The molecule has 1 saturated heterocycles. The van der Waals surface area contributed by atoms with E-state index in [1.165, 1.54) is 21.9 Å². The SMILES string of the molecule is COc1ccc(CN2C(=O)CCc3c(OCC4(C(=O)O)CCN(c5c(F)cc(Cl)cc5F)CC4)ccc(F)c32)cc1. The van der Waals surface area contributed by atoms with Gasteiger partial charge in [-0.3, -0.25) is 9.59 Å². The van der Waals surface area contributed by atoms with E-state index in [0.29, 0.717) is 17.1 Å². The minimum absolute atomic E-state index is 0.0648. The van der Waals surface area contributed by atoms with Gasteiger partial charge >= 0.3 is 5.97 Å². The summed E-state index contributed by atoms with van der Waals surface area (Å²) >= 11 is 5.73. The van der Waals surface area contributed by atoms with E-state index in [9.17, 15) is 23.5 Å². The second-order valence-corrected chi connectivity index (χ2v) is 10.7. The van der Waals surface area contributed by atoms with Crippen LogP contribution in [0.3, 0.4) is 0 Å². The molecule has 3 aromatic carbocycles. The highest BCUT2D eigenvalue weighted by atomic mass is 35.5. The molecule has 1 fully saturated rings. The van der Waals surface area contributed by atoms with Crippen molar-refractivity contribution in [3.63, 3.8) is 0 Å². The summed E-state index contributed by atoms with van der Waals surface area (Å²) in [6, 6.07) is 11.8. The number of halogens is 4. The van der Waals surface area contributed by atoms with Crippen molar-refractivity contribution in [1.29, 1.82) is 0 Å². The maximum atomic E-state index is 15.2. The Balaban J connectivity index is 1.35. The molecule has 0 unspecified atom stereocenters. The number of amides is 1. The van der Waals surface area contributed by atoms with Gasteiger partial charge in [0.05, 0.1) is 19.3 Å². The topological polar surface area (TPSA) is 79.3 Å². The number of hydrogen-bond acceptors (Lipinski definition) is 5. The molecule has 216 valence electrons. The number of piperidine rings is 1. The lowest BCUT2D eigenvalue weighted by Crippen LogP contribution is -2.48. The van der Waals surface area contributed by atoms with E-state index in [1.54, 1.807) is 31.4 Å². The summed E-state index contributed by atoms with van der Waals surface area (Å²) < 4.78 is 55.3. The Hall–Kier alpha value is -3.92. The predicted octanol–water partition coefficient (Wildman–Crippen LogP) is 6.00. The smallest absolute Gasteiger partial charge is 0.313 e. The largest absolute Gasteiger partial charge is 0.497 e. The molecule has 0 aliphatic carbocycles. The molecule has 0 aromatic heterocycles. The van der Waals surface area contributed by atoms with Crippen LogP contribution >= 0.6 is 11.6 Å². The Kier molecular flexibility index (Phi) is 8.04. The number of carboxylic acid groups (broad SMARTS) is 1. The molecule has 1 amide bonds. The average molecular weight is 589 g/mol. The molecule has 1 N–H and O–H groups in total. The highest BCUT2D eigenvalue weighted by Gasteiger charge is 2.44. The number of hydrogen-bond donors (Lipinski definition) is 1. The Morgan fingerprint density at radius 1 is 0.976 bits per heavy atom. The molecule has 2 aliphatic heterocycles. The molecule has 2 heterocycles. The van der Waals surface area contributed by atoms with Gasteiger partial charge in [0.15, 0.2) is 11.6 Å². The van der Waals surface area contributed by atoms with Crippen LogP contribution in [0.2, 0.25) is 5.02 Å². The van der Waals surface area contributed by atoms with Crippen LogP contribution < -0.4 is 19.3 Å². The average Bonchev–Trinajstić information content (AvgIpc) is 2.94. The fraction of sp³-hybridized carbons (Fsp3) is 0.333. The maximum absolute atomic E-state index is 15.2. The number of carbonyl (C=O) groups excluding carboxylic acids is 1. The monoisotopic (exact) mass is 588 g/mol. The number of methoxy groups -OCH3 is 1. The van der Waals surface area contributed by atoms with Crippen LogP contribution in [0.1, 0.15) is 30.4 Å². The van der Waals surface area contributed by atoms with E-state index >= 15 is 4.39 Å². The molecule has 5 rings (SSSR count). The van der Waals surface area contributed by atoms with Gasteiger partial charge in [0.1, 0.15) is 35.0 Å². The summed E-state index contributed by atoms with van der Waals surface area (Å²) in [5.41, 5.74) is -0.194. The first-order valence-corrected chi connectivity index (χ1v) is 13.5. The molecule has 7 nitrogen and oxygen atoms in total. The molecule has 0 atom stereocenters.